The molecule has 0 N–H and O–H groups in total. The van der Waals surface area contributed by atoms with Gasteiger partial charge in [-0.05, 0) is 25.1 Å². The summed E-state index contributed by atoms with van der Waals surface area (Å²) in [6.07, 6.45) is -3.75. The van der Waals surface area contributed by atoms with Gasteiger partial charge >= 0.3 is 6.29 Å². The second-order valence-electron chi connectivity index (χ2n) is 7.43. The number of anilines is 1. The zero-order chi connectivity index (χ0) is 22.8. The van der Waals surface area contributed by atoms with E-state index in [9.17, 15) is 18.4 Å². The third-order valence-electron chi connectivity index (χ3n) is 5.55. The summed E-state index contributed by atoms with van der Waals surface area (Å²) >= 11 is 0. The summed E-state index contributed by atoms with van der Waals surface area (Å²) in [6, 6.07) is 11.5. The van der Waals surface area contributed by atoms with E-state index >= 15 is 0 Å². The van der Waals surface area contributed by atoms with E-state index in [1.54, 1.807) is 18.5 Å². The van der Waals surface area contributed by atoms with Gasteiger partial charge in [0.05, 0.1) is 0 Å². The quantitative estimate of drug-likeness (QED) is 0.488. The molecule has 0 bridgehead atoms. The minimum absolute atomic E-state index is 0.0868. The van der Waals surface area contributed by atoms with Crippen LogP contribution in [0.2, 0.25) is 0 Å². The van der Waals surface area contributed by atoms with Crippen molar-refractivity contribution in [2.75, 3.05) is 11.4 Å². The lowest BCUT2D eigenvalue weighted by molar-refractivity contribution is -0.286. The molecule has 0 fully saturated rings. The molecule has 0 spiro atoms. The fourth-order valence-electron chi connectivity index (χ4n) is 4.11. The molecule has 2 aromatic carbocycles. The van der Waals surface area contributed by atoms with Crippen molar-refractivity contribution in [3.63, 3.8) is 0 Å². The monoisotopic (exact) mass is 440 g/mol. The Morgan fingerprint density at radius 2 is 1.84 bits per heavy atom. The van der Waals surface area contributed by atoms with E-state index in [0.29, 0.717) is 16.6 Å². The molecule has 8 nitrogen and oxygen atoms in total. The molecule has 1 aliphatic rings. The van der Waals surface area contributed by atoms with Crippen molar-refractivity contribution in [2.24, 2.45) is 14.1 Å². The summed E-state index contributed by atoms with van der Waals surface area (Å²) in [4.78, 5) is 27.9. The van der Waals surface area contributed by atoms with Gasteiger partial charge in [0.15, 0.2) is 17.2 Å². The second-order valence-corrected chi connectivity index (χ2v) is 7.43. The summed E-state index contributed by atoms with van der Waals surface area (Å²) in [5.74, 6) is -0.753. The molecule has 0 aliphatic carbocycles. The molecule has 0 atom stereocenters. The number of alkyl halides is 2. The van der Waals surface area contributed by atoms with E-state index in [4.69, 9.17) is 0 Å². The summed E-state index contributed by atoms with van der Waals surface area (Å²) < 4.78 is 38.7. The van der Waals surface area contributed by atoms with Crippen LogP contribution in [0.3, 0.4) is 0 Å². The van der Waals surface area contributed by atoms with Gasteiger partial charge in [-0.25, -0.2) is 4.68 Å². The largest absolute Gasteiger partial charge is 0.586 e. The van der Waals surface area contributed by atoms with Crippen LogP contribution >= 0.6 is 0 Å². The number of nitrogens with zero attached hydrogens (tertiary/aromatic N) is 4. The first kappa shape index (κ1) is 20.0. The number of rotatable bonds is 3. The molecular weight excluding hydrogens is 422 g/mol. The van der Waals surface area contributed by atoms with Gasteiger partial charge in [0.2, 0.25) is 0 Å². The summed E-state index contributed by atoms with van der Waals surface area (Å²) in [7, 11) is 3.24. The van der Waals surface area contributed by atoms with E-state index in [1.807, 2.05) is 24.3 Å². The van der Waals surface area contributed by atoms with Crippen LogP contribution in [0.5, 0.6) is 11.5 Å². The fraction of sp³-hybridized carbons (Fsp3) is 0.227. The lowest BCUT2D eigenvalue weighted by atomic mass is 10.1. The van der Waals surface area contributed by atoms with Gasteiger partial charge < -0.3 is 18.9 Å². The zero-order valence-electron chi connectivity index (χ0n) is 17.4. The van der Waals surface area contributed by atoms with Crippen LogP contribution in [0.15, 0.2) is 47.3 Å². The Kier molecular flexibility index (Phi) is 4.23. The van der Waals surface area contributed by atoms with E-state index in [-0.39, 0.29) is 29.3 Å². The Bertz CT molecular complexity index is 1470. The number of aromatic nitrogens is 3. The molecule has 0 unspecified atom stereocenters. The number of carbonyl (C=O) groups is 1. The van der Waals surface area contributed by atoms with E-state index in [0.717, 1.165) is 15.6 Å². The Morgan fingerprint density at radius 1 is 1.12 bits per heavy atom. The van der Waals surface area contributed by atoms with Crippen LogP contribution in [0.1, 0.15) is 17.4 Å². The predicted octanol–water partition coefficient (Wildman–Crippen LogP) is 3.41. The van der Waals surface area contributed by atoms with Gasteiger partial charge in [0.1, 0.15) is 5.52 Å². The number of amides is 1. The first-order valence-corrected chi connectivity index (χ1v) is 9.88. The number of hydrogen-bond donors (Lipinski definition) is 0. The summed E-state index contributed by atoms with van der Waals surface area (Å²) in [6.45, 7) is 1.98. The highest BCUT2D eigenvalue weighted by Gasteiger charge is 2.43. The van der Waals surface area contributed by atoms with Crippen molar-refractivity contribution in [3.8, 4) is 11.5 Å². The van der Waals surface area contributed by atoms with Crippen LogP contribution in [0.25, 0.3) is 21.8 Å². The summed E-state index contributed by atoms with van der Waals surface area (Å²) in [5.41, 5.74) is 1.23. The van der Waals surface area contributed by atoms with Gasteiger partial charge in [0, 0.05) is 48.7 Å². The molecular formula is C22H18F2N4O4. The first-order chi connectivity index (χ1) is 15.2. The van der Waals surface area contributed by atoms with Crippen LogP contribution < -0.4 is 19.9 Å². The van der Waals surface area contributed by atoms with Crippen LogP contribution in [0.4, 0.5) is 14.5 Å². The Labute approximate surface area is 180 Å². The van der Waals surface area contributed by atoms with E-state index in [1.165, 1.54) is 30.1 Å². The molecule has 164 valence electrons. The Morgan fingerprint density at radius 3 is 2.59 bits per heavy atom. The Balaban J connectivity index is 1.69. The zero-order valence-corrected chi connectivity index (χ0v) is 17.4. The lowest BCUT2D eigenvalue weighted by Crippen LogP contribution is -2.34. The fourth-order valence-corrected chi connectivity index (χ4v) is 4.11. The molecule has 10 heteroatoms. The van der Waals surface area contributed by atoms with Crippen molar-refractivity contribution in [3.05, 3.63) is 58.5 Å². The van der Waals surface area contributed by atoms with Crippen LogP contribution in [0, 0.1) is 0 Å². The topological polar surface area (TPSA) is 78.6 Å². The molecule has 1 aliphatic heterocycles. The number of ether oxygens (including phenoxy) is 2. The number of hydrogen-bond acceptors (Lipinski definition) is 5. The van der Waals surface area contributed by atoms with Crippen molar-refractivity contribution < 1.29 is 23.0 Å². The minimum atomic E-state index is -3.75. The molecule has 32 heavy (non-hydrogen) atoms. The standard InChI is InChI=1S/C22H18F2N4O4/c1-4-28(12-9-10-15-16(11-12)32-22(23,24)31-15)20(29)18-17-13-7-5-6-8-14(13)26(2)19(17)21(30)27(3)25-18/h5-11H,4H2,1-3H3. The molecule has 0 saturated carbocycles. The molecule has 3 heterocycles. The molecule has 1 amide bonds. The minimum Gasteiger partial charge on any atom is -0.395 e. The van der Waals surface area contributed by atoms with Crippen LogP contribution in [-0.2, 0) is 14.1 Å². The summed E-state index contributed by atoms with van der Waals surface area (Å²) in [5, 5.41) is 5.45. The highest BCUT2D eigenvalue weighted by atomic mass is 19.3. The first-order valence-electron chi connectivity index (χ1n) is 9.88. The van der Waals surface area contributed by atoms with E-state index < -0.39 is 12.2 Å². The third-order valence-corrected chi connectivity index (χ3v) is 5.55. The van der Waals surface area contributed by atoms with Crippen molar-refractivity contribution in [1.29, 1.82) is 0 Å². The molecule has 0 saturated heterocycles. The number of carbonyl (C=O) groups excluding carboxylic acids is 1. The number of aryl methyl sites for hydroxylation is 2. The lowest BCUT2D eigenvalue weighted by Gasteiger charge is -2.21. The number of benzene rings is 2. The average molecular weight is 440 g/mol. The molecule has 5 rings (SSSR count). The predicted molar refractivity (Wildman–Crippen MR) is 113 cm³/mol. The molecule has 4 aromatic rings. The highest BCUT2D eigenvalue weighted by molar-refractivity contribution is 6.20. The van der Waals surface area contributed by atoms with Crippen LogP contribution in [-0.4, -0.2) is 33.1 Å². The second kappa shape index (κ2) is 6.78. The van der Waals surface area contributed by atoms with Gasteiger partial charge in [-0.3, -0.25) is 9.59 Å². The van der Waals surface area contributed by atoms with Gasteiger partial charge in [0.25, 0.3) is 11.5 Å². The maximum absolute atomic E-state index is 13.7. The average Bonchev–Trinajstić information content (AvgIpc) is 3.23. The number of para-hydroxylation sites is 1. The number of fused-ring (bicyclic) bond motifs is 4. The van der Waals surface area contributed by atoms with Crippen molar-refractivity contribution in [2.45, 2.75) is 13.2 Å². The third kappa shape index (κ3) is 2.83. The van der Waals surface area contributed by atoms with Crippen molar-refractivity contribution in [1.82, 2.24) is 14.3 Å². The highest BCUT2D eigenvalue weighted by Crippen LogP contribution is 2.43. The maximum atomic E-state index is 13.7. The SMILES string of the molecule is CCN(C(=O)c1nn(C)c(=O)c2c1c1ccccc1n2C)c1ccc2c(c1)OC(F)(F)O2. The van der Waals surface area contributed by atoms with Gasteiger partial charge in [-0.2, -0.15) is 5.10 Å². The van der Waals surface area contributed by atoms with Gasteiger partial charge in [-0.1, -0.05) is 18.2 Å². The molecule has 0 radical (unpaired) electrons. The maximum Gasteiger partial charge on any atom is 0.586 e. The van der Waals surface area contributed by atoms with Crippen molar-refractivity contribution >= 4 is 33.4 Å². The van der Waals surface area contributed by atoms with Gasteiger partial charge in [-0.15, -0.1) is 8.78 Å². The number of halogens is 2. The normalized spacial score (nSPS) is 14.3. The smallest absolute Gasteiger partial charge is 0.395 e. The Hall–Kier alpha value is -3.95. The molecule has 2 aromatic heterocycles. The van der Waals surface area contributed by atoms with E-state index in [2.05, 4.69) is 14.6 Å².